The van der Waals surface area contributed by atoms with Crippen molar-refractivity contribution in [3.63, 3.8) is 0 Å². The number of nitrogens with two attached hydrogens (primary N) is 1. The summed E-state index contributed by atoms with van der Waals surface area (Å²) >= 11 is 0. The lowest BCUT2D eigenvalue weighted by Crippen LogP contribution is -2.32. The van der Waals surface area contributed by atoms with Crippen molar-refractivity contribution >= 4 is 11.6 Å². The molecule has 24 heavy (non-hydrogen) atoms. The van der Waals surface area contributed by atoms with E-state index in [9.17, 15) is 10.1 Å². The van der Waals surface area contributed by atoms with E-state index < -0.39 is 4.92 Å². The molecule has 2 aromatic rings. The molecule has 0 aliphatic heterocycles. The van der Waals surface area contributed by atoms with Crippen LogP contribution in [0.15, 0.2) is 24.3 Å². The van der Waals surface area contributed by atoms with E-state index in [-0.39, 0.29) is 22.5 Å². The molecule has 1 saturated carbocycles. The largest absolute Gasteiger partial charge is 0.368 e. The van der Waals surface area contributed by atoms with Crippen LogP contribution in [0.5, 0.6) is 0 Å². The van der Waals surface area contributed by atoms with Gasteiger partial charge in [0.25, 0.3) is 5.69 Å². The molecule has 2 aliphatic carbocycles. The van der Waals surface area contributed by atoms with E-state index in [4.69, 9.17) is 5.73 Å². The van der Waals surface area contributed by atoms with E-state index >= 15 is 0 Å². The summed E-state index contributed by atoms with van der Waals surface area (Å²) < 4.78 is 0. The minimum Gasteiger partial charge on any atom is -0.368 e. The van der Waals surface area contributed by atoms with Gasteiger partial charge in [0.05, 0.1) is 16.3 Å². The fourth-order valence-electron chi connectivity index (χ4n) is 4.63. The number of hydrogen-bond acceptors (Lipinski definition) is 5. The smallest absolute Gasteiger partial charge is 0.269 e. The molecular formula is C18H20N4O2. The second kappa shape index (κ2) is 4.53. The molecule has 2 bridgehead atoms. The number of nitrogen functional groups attached to an aromatic ring is 1. The number of rotatable bonds is 2. The lowest BCUT2D eigenvalue weighted by molar-refractivity contribution is -0.384. The molecule has 0 amide bonds. The van der Waals surface area contributed by atoms with Crippen molar-refractivity contribution < 1.29 is 4.92 Å². The van der Waals surface area contributed by atoms with Crippen molar-refractivity contribution in [3.8, 4) is 11.3 Å². The average molecular weight is 324 g/mol. The molecule has 1 aromatic heterocycles. The van der Waals surface area contributed by atoms with Gasteiger partial charge in [0, 0.05) is 28.7 Å². The normalized spacial score (nSPS) is 26.4. The molecule has 6 nitrogen and oxygen atoms in total. The standard InChI is InChI=1S/C18H20N4O2/c1-17(2)12-8-9-18(17,3)15-13(12)14(20-16(19)21-15)10-4-6-11(7-5-10)22(23)24/h4-7,12H,8-9H2,1-3H3,(H2,19,20,21). The van der Waals surface area contributed by atoms with Crippen molar-refractivity contribution in [1.82, 2.24) is 9.97 Å². The van der Waals surface area contributed by atoms with Crippen LogP contribution in [0.2, 0.25) is 0 Å². The van der Waals surface area contributed by atoms with Gasteiger partial charge in [0.1, 0.15) is 0 Å². The molecule has 2 N–H and O–H groups in total. The number of fused-ring (bicyclic) bond motifs is 5. The molecule has 1 fully saturated rings. The monoisotopic (exact) mass is 324 g/mol. The lowest BCUT2D eigenvalue weighted by atomic mass is 9.70. The van der Waals surface area contributed by atoms with E-state index in [1.54, 1.807) is 12.1 Å². The van der Waals surface area contributed by atoms with Crippen LogP contribution in [0, 0.1) is 15.5 Å². The van der Waals surface area contributed by atoms with Gasteiger partial charge in [-0.2, -0.15) is 0 Å². The summed E-state index contributed by atoms with van der Waals surface area (Å²) in [7, 11) is 0. The summed E-state index contributed by atoms with van der Waals surface area (Å²) in [4.78, 5) is 19.6. The Bertz CT molecular complexity index is 860. The van der Waals surface area contributed by atoms with Crippen LogP contribution in [-0.2, 0) is 5.41 Å². The van der Waals surface area contributed by atoms with E-state index in [1.165, 1.54) is 17.7 Å². The quantitative estimate of drug-likeness (QED) is 0.669. The molecule has 4 rings (SSSR count). The molecule has 124 valence electrons. The molecule has 0 radical (unpaired) electrons. The van der Waals surface area contributed by atoms with Crippen LogP contribution in [0.1, 0.15) is 50.8 Å². The number of anilines is 1. The minimum absolute atomic E-state index is 0.000410. The summed E-state index contributed by atoms with van der Waals surface area (Å²) in [5, 5.41) is 10.9. The van der Waals surface area contributed by atoms with E-state index in [2.05, 4.69) is 30.7 Å². The van der Waals surface area contributed by atoms with Gasteiger partial charge in [-0.1, -0.05) is 20.8 Å². The molecule has 0 spiro atoms. The Morgan fingerprint density at radius 1 is 1.21 bits per heavy atom. The Hall–Kier alpha value is -2.50. The van der Waals surface area contributed by atoms with E-state index in [0.29, 0.717) is 5.92 Å². The number of nitro groups is 1. The first-order valence-electron chi connectivity index (χ1n) is 8.18. The number of nitro benzene ring substituents is 1. The Morgan fingerprint density at radius 3 is 2.50 bits per heavy atom. The molecule has 6 heteroatoms. The Balaban J connectivity index is 1.93. The molecular weight excluding hydrogens is 304 g/mol. The number of non-ortho nitro benzene ring substituents is 1. The maximum Gasteiger partial charge on any atom is 0.269 e. The highest BCUT2D eigenvalue weighted by Crippen LogP contribution is 2.68. The highest BCUT2D eigenvalue weighted by Gasteiger charge is 2.61. The first kappa shape index (κ1) is 15.1. The zero-order valence-electron chi connectivity index (χ0n) is 14.0. The second-order valence-corrected chi connectivity index (χ2v) is 7.64. The molecule has 2 atom stereocenters. The van der Waals surface area contributed by atoms with Gasteiger partial charge in [-0.25, -0.2) is 9.97 Å². The molecule has 1 heterocycles. The summed E-state index contributed by atoms with van der Waals surface area (Å²) in [5.74, 6) is 0.662. The lowest BCUT2D eigenvalue weighted by Gasteiger charge is -2.34. The van der Waals surface area contributed by atoms with Crippen LogP contribution in [0.3, 0.4) is 0 Å². The highest BCUT2D eigenvalue weighted by molar-refractivity contribution is 5.70. The molecule has 2 unspecified atom stereocenters. The van der Waals surface area contributed by atoms with Crippen molar-refractivity contribution in [2.24, 2.45) is 5.41 Å². The highest BCUT2D eigenvalue weighted by atomic mass is 16.6. The molecule has 2 aliphatic rings. The van der Waals surface area contributed by atoms with Crippen molar-refractivity contribution in [2.75, 3.05) is 5.73 Å². The van der Waals surface area contributed by atoms with Crippen molar-refractivity contribution in [2.45, 2.75) is 44.9 Å². The fourth-order valence-corrected chi connectivity index (χ4v) is 4.63. The Kier molecular flexibility index (Phi) is 2.84. The molecule has 1 aromatic carbocycles. The summed E-state index contributed by atoms with van der Waals surface area (Å²) in [5.41, 5.74) is 10.1. The van der Waals surface area contributed by atoms with Crippen LogP contribution < -0.4 is 5.73 Å². The van der Waals surface area contributed by atoms with Crippen molar-refractivity contribution in [3.05, 3.63) is 45.6 Å². The summed E-state index contributed by atoms with van der Waals surface area (Å²) in [6, 6.07) is 6.53. The number of aromatic nitrogens is 2. The number of hydrogen-bond donors (Lipinski definition) is 1. The zero-order chi connectivity index (χ0) is 17.3. The minimum atomic E-state index is -0.394. The second-order valence-electron chi connectivity index (χ2n) is 7.64. The van der Waals surface area contributed by atoms with E-state index in [0.717, 1.165) is 29.8 Å². The third-order valence-corrected chi connectivity index (χ3v) is 6.41. The van der Waals surface area contributed by atoms with Gasteiger partial charge >= 0.3 is 0 Å². The zero-order valence-corrected chi connectivity index (χ0v) is 14.0. The summed E-state index contributed by atoms with van der Waals surface area (Å²) in [6.07, 6.45) is 2.22. The predicted octanol–water partition coefficient (Wildman–Crippen LogP) is 3.81. The third kappa shape index (κ3) is 1.71. The van der Waals surface area contributed by atoms with Gasteiger partial charge in [0.2, 0.25) is 5.95 Å². The van der Waals surface area contributed by atoms with Gasteiger partial charge in [-0.3, -0.25) is 10.1 Å². The van der Waals surface area contributed by atoms with Gasteiger partial charge in [-0.15, -0.1) is 0 Å². The van der Waals surface area contributed by atoms with Gasteiger partial charge in [0.15, 0.2) is 0 Å². The maximum absolute atomic E-state index is 10.9. The third-order valence-electron chi connectivity index (χ3n) is 6.41. The predicted molar refractivity (Wildman–Crippen MR) is 91.6 cm³/mol. The molecule has 0 saturated heterocycles. The number of nitrogens with zero attached hydrogens (tertiary/aromatic N) is 3. The first-order chi connectivity index (χ1) is 11.3. The average Bonchev–Trinajstić information content (AvgIpc) is 2.86. The van der Waals surface area contributed by atoms with Crippen molar-refractivity contribution in [1.29, 1.82) is 0 Å². The fraction of sp³-hybridized carbons (Fsp3) is 0.444. The van der Waals surface area contributed by atoms with Crippen LogP contribution in [0.25, 0.3) is 11.3 Å². The topological polar surface area (TPSA) is 94.9 Å². The number of benzene rings is 1. The summed E-state index contributed by atoms with van der Waals surface area (Å²) in [6.45, 7) is 6.86. The van der Waals surface area contributed by atoms with E-state index in [1.807, 2.05) is 0 Å². The first-order valence-corrected chi connectivity index (χ1v) is 8.18. The van der Waals surface area contributed by atoms with Gasteiger partial charge < -0.3 is 5.73 Å². The van der Waals surface area contributed by atoms with Crippen LogP contribution >= 0.6 is 0 Å². The SMILES string of the molecule is CC12CCC(c3c(-c4ccc([N+](=O)[O-])cc4)nc(N)nc31)C2(C)C. The van der Waals surface area contributed by atoms with Crippen LogP contribution in [0.4, 0.5) is 11.6 Å². The Labute approximate surface area is 140 Å². The van der Waals surface area contributed by atoms with Crippen LogP contribution in [-0.4, -0.2) is 14.9 Å². The maximum atomic E-state index is 10.9. The Morgan fingerprint density at radius 2 is 1.88 bits per heavy atom. The van der Waals surface area contributed by atoms with Gasteiger partial charge in [-0.05, 0) is 36.3 Å².